The molecule has 0 unspecified atom stereocenters. The number of allylic oxidation sites excluding steroid dienone is 4. The molecule has 0 atom stereocenters. The first-order valence-corrected chi connectivity index (χ1v) is 7.16. The Balaban J connectivity index is -0.000000285. The summed E-state index contributed by atoms with van der Waals surface area (Å²) >= 11 is 0. The lowest BCUT2D eigenvalue weighted by atomic mass is 10.0. The first kappa shape index (κ1) is 21.5. The highest BCUT2D eigenvalue weighted by Gasteiger charge is 2.14. The van der Waals surface area contributed by atoms with E-state index < -0.39 is 0 Å². The van der Waals surface area contributed by atoms with Gasteiger partial charge in [-0.25, -0.2) is 0 Å². The average Bonchev–Trinajstić information content (AvgIpc) is 2.86. The lowest BCUT2D eigenvalue weighted by Crippen LogP contribution is -1.85. The number of hydrogen-bond acceptors (Lipinski definition) is 0. The van der Waals surface area contributed by atoms with Gasteiger partial charge in [0.2, 0.25) is 0 Å². The second-order valence-electron chi connectivity index (χ2n) is 3.37. The van der Waals surface area contributed by atoms with Gasteiger partial charge in [0.15, 0.2) is 0 Å². The lowest BCUT2D eigenvalue weighted by Gasteiger charge is -2.05. The summed E-state index contributed by atoms with van der Waals surface area (Å²) in [5.41, 5.74) is 5.36. The van der Waals surface area contributed by atoms with Gasteiger partial charge in [0.1, 0.15) is 0 Å². The molecule has 0 saturated carbocycles. The van der Waals surface area contributed by atoms with E-state index >= 15 is 0 Å². The van der Waals surface area contributed by atoms with Crippen LogP contribution in [0.5, 0.6) is 0 Å². The zero-order valence-corrected chi connectivity index (χ0v) is 13.5. The van der Waals surface area contributed by atoms with Gasteiger partial charge in [-0.05, 0) is 44.3 Å². The lowest BCUT2D eigenvalue weighted by molar-refractivity contribution is 0.897. The average molecular weight is 238 g/mol. The van der Waals surface area contributed by atoms with E-state index in [0.717, 1.165) is 0 Å². The third kappa shape index (κ3) is 8.97. The molecule has 0 aromatic rings. The van der Waals surface area contributed by atoms with Crippen LogP contribution < -0.4 is 0 Å². The second-order valence-corrected chi connectivity index (χ2v) is 3.37. The molecule has 0 nitrogen and oxygen atoms in total. The monoisotopic (exact) mass is 238 g/mol. The van der Waals surface area contributed by atoms with Crippen LogP contribution >= 0.6 is 0 Å². The SMILES string of the molecule is C=C(C)C1=C(C(=C)C)CCC1.CC.CC.CC. The largest absolute Gasteiger partial charge is 0.0958 e. The van der Waals surface area contributed by atoms with E-state index in [1.54, 1.807) is 0 Å². The molecule has 0 N–H and O–H groups in total. The Bertz CT molecular complexity index is 204. The molecule has 0 aromatic carbocycles. The Hall–Kier alpha value is -0.780. The van der Waals surface area contributed by atoms with Crippen molar-refractivity contribution in [2.45, 2.75) is 74.7 Å². The van der Waals surface area contributed by atoms with Crippen LogP contribution in [0, 0.1) is 0 Å². The Morgan fingerprint density at radius 3 is 1.12 bits per heavy atom. The Labute approximate surface area is 111 Å². The Kier molecular flexibility index (Phi) is 19.2. The van der Waals surface area contributed by atoms with Crippen LogP contribution in [0.15, 0.2) is 35.5 Å². The molecule has 0 heterocycles. The minimum Gasteiger partial charge on any atom is -0.0958 e. The van der Waals surface area contributed by atoms with E-state index in [1.807, 2.05) is 41.5 Å². The van der Waals surface area contributed by atoms with Crippen LogP contribution in [0.1, 0.15) is 74.7 Å². The third-order valence-corrected chi connectivity index (χ3v) is 2.25. The third-order valence-electron chi connectivity index (χ3n) is 2.25. The molecular weight excluding hydrogens is 204 g/mol. The highest BCUT2D eigenvalue weighted by Crippen LogP contribution is 2.33. The zero-order valence-electron chi connectivity index (χ0n) is 13.5. The predicted molar refractivity (Wildman–Crippen MR) is 84.5 cm³/mol. The Morgan fingerprint density at radius 1 is 0.706 bits per heavy atom. The van der Waals surface area contributed by atoms with Crippen molar-refractivity contribution in [3.05, 3.63) is 35.5 Å². The summed E-state index contributed by atoms with van der Waals surface area (Å²) in [7, 11) is 0. The minimum atomic E-state index is 1.21. The van der Waals surface area contributed by atoms with Crippen molar-refractivity contribution in [3.8, 4) is 0 Å². The predicted octanol–water partition coefficient (Wildman–Crippen LogP) is 6.70. The van der Waals surface area contributed by atoms with Gasteiger partial charge < -0.3 is 0 Å². The standard InChI is InChI=1S/C11H16.3C2H6/c1-8(2)10-6-5-7-11(10)9(3)4;3*1-2/h1,3,5-7H2,2,4H3;3*1-2H3. The van der Waals surface area contributed by atoms with E-state index in [-0.39, 0.29) is 0 Å². The number of rotatable bonds is 2. The van der Waals surface area contributed by atoms with Crippen LogP contribution in [0.25, 0.3) is 0 Å². The molecule has 0 heteroatoms. The maximum atomic E-state index is 3.97. The fourth-order valence-electron chi connectivity index (χ4n) is 1.69. The topological polar surface area (TPSA) is 0 Å². The van der Waals surface area contributed by atoms with Gasteiger partial charge in [0.05, 0.1) is 0 Å². The number of hydrogen-bond donors (Lipinski definition) is 0. The molecule has 1 aliphatic rings. The molecule has 17 heavy (non-hydrogen) atoms. The van der Waals surface area contributed by atoms with Gasteiger partial charge in [0.25, 0.3) is 0 Å². The van der Waals surface area contributed by atoms with Gasteiger partial charge in [-0.2, -0.15) is 0 Å². The summed E-state index contributed by atoms with van der Waals surface area (Å²) in [5, 5.41) is 0. The molecular formula is C17H34. The van der Waals surface area contributed by atoms with Crippen molar-refractivity contribution in [3.63, 3.8) is 0 Å². The summed E-state index contributed by atoms with van der Waals surface area (Å²) < 4.78 is 0. The van der Waals surface area contributed by atoms with Crippen LogP contribution in [-0.2, 0) is 0 Å². The minimum absolute atomic E-state index is 1.21. The molecule has 0 radical (unpaired) electrons. The summed E-state index contributed by atoms with van der Waals surface area (Å²) in [6, 6.07) is 0. The zero-order chi connectivity index (χ0) is 14.4. The molecule has 1 rings (SSSR count). The van der Waals surface area contributed by atoms with E-state index in [2.05, 4.69) is 27.0 Å². The van der Waals surface area contributed by atoms with Gasteiger partial charge in [0, 0.05) is 0 Å². The van der Waals surface area contributed by atoms with Crippen molar-refractivity contribution >= 4 is 0 Å². The fraction of sp³-hybridized carbons (Fsp3) is 0.647. The summed E-state index contributed by atoms with van der Waals surface area (Å²) in [5.74, 6) is 0. The molecule has 0 bridgehead atoms. The molecule has 0 spiro atoms. The highest BCUT2D eigenvalue weighted by atomic mass is 14.2. The van der Waals surface area contributed by atoms with Crippen LogP contribution in [0.4, 0.5) is 0 Å². The smallest absolute Gasteiger partial charge is 0.0270 e. The first-order valence-electron chi connectivity index (χ1n) is 7.16. The van der Waals surface area contributed by atoms with Crippen molar-refractivity contribution in [1.82, 2.24) is 0 Å². The van der Waals surface area contributed by atoms with Crippen LogP contribution in [0.2, 0.25) is 0 Å². The van der Waals surface area contributed by atoms with Crippen LogP contribution in [0.3, 0.4) is 0 Å². The van der Waals surface area contributed by atoms with Crippen LogP contribution in [-0.4, -0.2) is 0 Å². The molecule has 0 amide bonds. The molecule has 102 valence electrons. The summed E-state index contributed by atoms with van der Waals surface area (Å²) in [4.78, 5) is 0. The van der Waals surface area contributed by atoms with E-state index in [4.69, 9.17) is 0 Å². The molecule has 0 aromatic heterocycles. The quantitative estimate of drug-likeness (QED) is 0.502. The van der Waals surface area contributed by atoms with Gasteiger partial charge in [-0.15, -0.1) is 0 Å². The van der Waals surface area contributed by atoms with Gasteiger partial charge in [-0.1, -0.05) is 65.8 Å². The van der Waals surface area contributed by atoms with E-state index in [9.17, 15) is 0 Å². The fourth-order valence-corrected chi connectivity index (χ4v) is 1.69. The molecule has 0 fully saturated rings. The van der Waals surface area contributed by atoms with Crippen molar-refractivity contribution in [2.75, 3.05) is 0 Å². The van der Waals surface area contributed by atoms with Crippen molar-refractivity contribution < 1.29 is 0 Å². The molecule has 0 saturated heterocycles. The maximum Gasteiger partial charge on any atom is -0.0270 e. The first-order chi connectivity index (χ1) is 8.13. The Morgan fingerprint density at radius 2 is 0.941 bits per heavy atom. The highest BCUT2D eigenvalue weighted by molar-refractivity contribution is 5.43. The van der Waals surface area contributed by atoms with Gasteiger partial charge >= 0.3 is 0 Å². The molecule has 1 aliphatic carbocycles. The van der Waals surface area contributed by atoms with E-state index in [1.165, 1.54) is 41.6 Å². The second kappa shape index (κ2) is 15.2. The van der Waals surface area contributed by atoms with E-state index in [0.29, 0.717) is 0 Å². The maximum absolute atomic E-state index is 3.97. The summed E-state index contributed by atoms with van der Waals surface area (Å²) in [6.45, 7) is 24.1. The normalized spacial score (nSPS) is 12.2. The molecule has 0 aliphatic heterocycles. The summed E-state index contributed by atoms with van der Waals surface area (Å²) in [6.07, 6.45) is 3.69. The van der Waals surface area contributed by atoms with Crippen molar-refractivity contribution in [1.29, 1.82) is 0 Å². The van der Waals surface area contributed by atoms with Gasteiger partial charge in [-0.3, -0.25) is 0 Å². The van der Waals surface area contributed by atoms with Crippen molar-refractivity contribution in [2.24, 2.45) is 0 Å².